The first-order chi connectivity index (χ1) is 17.4. The average Bonchev–Trinajstić information content (AvgIpc) is 3.29. The van der Waals surface area contributed by atoms with E-state index in [-0.39, 0.29) is 33.0 Å². The second-order valence-electron chi connectivity index (χ2n) is 8.35. The van der Waals surface area contributed by atoms with Crippen LogP contribution in [0.1, 0.15) is 41.4 Å². The molecular weight excluding hydrogens is 480 g/mol. The first-order valence-corrected chi connectivity index (χ1v) is 11.3. The van der Waals surface area contributed by atoms with E-state index in [9.17, 15) is 24.3 Å². The number of rotatable bonds is 3. The van der Waals surface area contributed by atoms with Crippen LogP contribution >= 0.6 is 11.6 Å². The summed E-state index contributed by atoms with van der Waals surface area (Å²) < 4.78 is 0. The number of anilines is 2. The summed E-state index contributed by atoms with van der Waals surface area (Å²) in [5.41, 5.74) is 2.58. The van der Waals surface area contributed by atoms with Crippen molar-refractivity contribution in [3.05, 3.63) is 112 Å². The van der Waals surface area contributed by atoms with Crippen LogP contribution in [-0.4, -0.2) is 28.7 Å². The van der Waals surface area contributed by atoms with Crippen LogP contribution in [0.3, 0.4) is 0 Å². The molecule has 0 aliphatic carbocycles. The van der Waals surface area contributed by atoms with E-state index in [1.165, 1.54) is 24.3 Å². The number of phenolic OH excluding ortho intramolecular Hbond substituents is 1. The number of carbonyl (C=O) groups is 4. The summed E-state index contributed by atoms with van der Waals surface area (Å²) in [6.07, 6.45) is 0. The molecule has 0 unspecified atom stereocenters. The van der Waals surface area contributed by atoms with Gasteiger partial charge in [0.15, 0.2) is 0 Å². The molecule has 4 aromatic rings. The predicted molar refractivity (Wildman–Crippen MR) is 134 cm³/mol. The van der Waals surface area contributed by atoms with Crippen LogP contribution < -0.4 is 9.80 Å². The number of benzene rings is 4. The second kappa shape index (κ2) is 7.90. The number of aromatic hydroxyl groups is 1. The highest BCUT2D eigenvalue weighted by atomic mass is 35.5. The second-order valence-corrected chi connectivity index (χ2v) is 8.75. The van der Waals surface area contributed by atoms with Gasteiger partial charge in [-0.15, -0.1) is 0 Å². The van der Waals surface area contributed by atoms with E-state index in [2.05, 4.69) is 0 Å². The number of phenols is 1. The van der Waals surface area contributed by atoms with Crippen molar-refractivity contribution >= 4 is 46.6 Å². The van der Waals surface area contributed by atoms with E-state index in [0.717, 1.165) is 9.80 Å². The van der Waals surface area contributed by atoms with Crippen LogP contribution in [0.2, 0.25) is 5.02 Å². The van der Waals surface area contributed by atoms with Gasteiger partial charge in [0.2, 0.25) is 0 Å². The van der Waals surface area contributed by atoms with Crippen LogP contribution in [-0.2, 0) is 0 Å². The van der Waals surface area contributed by atoms with Gasteiger partial charge in [0.05, 0.1) is 38.7 Å². The Labute approximate surface area is 209 Å². The molecule has 0 radical (unpaired) electrons. The minimum atomic E-state index is -0.529. The van der Waals surface area contributed by atoms with Crippen molar-refractivity contribution in [2.45, 2.75) is 0 Å². The molecular formula is C28H15ClN2O5. The Morgan fingerprint density at radius 3 is 2.00 bits per heavy atom. The summed E-state index contributed by atoms with van der Waals surface area (Å²) in [7, 11) is 0. The average molecular weight is 495 g/mol. The lowest BCUT2D eigenvalue weighted by Gasteiger charge is -2.18. The molecule has 2 heterocycles. The van der Waals surface area contributed by atoms with Gasteiger partial charge in [-0.1, -0.05) is 41.9 Å². The molecule has 174 valence electrons. The van der Waals surface area contributed by atoms with Gasteiger partial charge in [-0.2, -0.15) is 0 Å². The van der Waals surface area contributed by atoms with Gasteiger partial charge in [-0.3, -0.25) is 19.2 Å². The molecule has 2 aliphatic rings. The zero-order chi connectivity index (χ0) is 25.1. The van der Waals surface area contributed by atoms with Crippen LogP contribution in [0.15, 0.2) is 84.9 Å². The number of amides is 4. The minimum Gasteiger partial charge on any atom is -0.508 e. The third-order valence-electron chi connectivity index (χ3n) is 6.31. The SMILES string of the molecule is O=C1c2ccc(-c3ccccc3N3C(=O)c4cccc(Cl)c4C3=O)cc2C(=O)N1c1ccc(O)cc1. The summed E-state index contributed by atoms with van der Waals surface area (Å²) >= 11 is 6.22. The van der Waals surface area contributed by atoms with E-state index >= 15 is 0 Å². The van der Waals surface area contributed by atoms with Gasteiger partial charge < -0.3 is 5.11 Å². The fourth-order valence-corrected chi connectivity index (χ4v) is 4.88. The molecule has 0 fully saturated rings. The smallest absolute Gasteiger partial charge is 0.267 e. The minimum absolute atomic E-state index is 0.0173. The molecule has 36 heavy (non-hydrogen) atoms. The summed E-state index contributed by atoms with van der Waals surface area (Å²) in [6.45, 7) is 0. The molecule has 0 aromatic heterocycles. The van der Waals surface area contributed by atoms with Crippen molar-refractivity contribution in [1.82, 2.24) is 0 Å². The number of imide groups is 2. The summed E-state index contributed by atoms with van der Waals surface area (Å²) in [4.78, 5) is 54.7. The van der Waals surface area contributed by atoms with Crippen LogP contribution in [0.5, 0.6) is 5.75 Å². The molecule has 8 heteroatoms. The molecule has 1 N–H and O–H groups in total. The maximum Gasteiger partial charge on any atom is 0.267 e. The van der Waals surface area contributed by atoms with E-state index < -0.39 is 23.6 Å². The Morgan fingerprint density at radius 2 is 1.25 bits per heavy atom. The molecule has 0 atom stereocenters. The molecule has 7 nitrogen and oxygen atoms in total. The first-order valence-electron chi connectivity index (χ1n) is 11.0. The lowest BCUT2D eigenvalue weighted by atomic mass is 9.98. The fraction of sp³-hybridized carbons (Fsp3) is 0. The van der Waals surface area contributed by atoms with Crippen molar-refractivity contribution in [2.75, 3.05) is 9.80 Å². The van der Waals surface area contributed by atoms with Crippen molar-refractivity contribution < 1.29 is 24.3 Å². The van der Waals surface area contributed by atoms with Gasteiger partial charge in [0.25, 0.3) is 23.6 Å². The topological polar surface area (TPSA) is 95.0 Å². The van der Waals surface area contributed by atoms with Crippen molar-refractivity contribution in [1.29, 1.82) is 0 Å². The molecule has 0 saturated heterocycles. The number of hydrogen-bond acceptors (Lipinski definition) is 5. The molecule has 0 spiro atoms. The zero-order valence-electron chi connectivity index (χ0n) is 18.4. The van der Waals surface area contributed by atoms with E-state index in [1.807, 2.05) is 0 Å². The number of carbonyl (C=O) groups excluding carboxylic acids is 4. The molecule has 4 amide bonds. The first kappa shape index (κ1) is 21.8. The Bertz CT molecular complexity index is 1640. The zero-order valence-corrected chi connectivity index (χ0v) is 19.2. The Kier molecular flexibility index (Phi) is 4.77. The summed E-state index contributed by atoms with van der Waals surface area (Å²) in [6, 6.07) is 22.2. The van der Waals surface area contributed by atoms with E-state index in [4.69, 9.17) is 11.6 Å². The monoisotopic (exact) mass is 494 g/mol. The summed E-state index contributed by atoms with van der Waals surface area (Å²) in [5.74, 6) is -1.98. The van der Waals surface area contributed by atoms with Crippen LogP contribution in [0.25, 0.3) is 11.1 Å². The van der Waals surface area contributed by atoms with Gasteiger partial charge in [-0.25, -0.2) is 9.80 Å². The normalized spacial score (nSPS) is 14.5. The molecule has 0 saturated carbocycles. The van der Waals surface area contributed by atoms with E-state index in [0.29, 0.717) is 22.5 Å². The summed E-state index contributed by atoms with van der Waals surface area (Å²) in [5, 5.41) is 9.74. The third kappa shape index (κ3) is 3.07. The fourth-order valence-electron chi connectivity index (χ4n) is 4.62. The molecule has 0 bridgehead atoms. The lowest BCUT2D eigenvalue weighted by Crippen LogP contribution is -2.30. The number of fused-ring (bicyclic) bond motifs is 2. The molecule has 2 aliphatic heterocycles. The van der Waals surface area contributed by atoms with Crippen molar-refractivity contribution in [3.63, 3.8) is 0 Å². The maximum absolute atomic E-state index is 13.2. The highest BCUT2D eigenvalue weighted by Gasteiger charge is 2.40. The quantitative estimate of drug-likeness (QED) is 0.389. The van der Waals surface area contributed by atoms with Crippen molar-refractivity contribution in [2.24, 2.45) is 0 Å². The van der Waals surface area contributed by atoms with Gasteiger partial charge >= 0.3 is 0 Å². The van der Waals surface area contributed by atoms with Crippen LogP contribution in [0, 0.1) is 0 Å². The van der Waals surface area contributed by atoms with Gasteiger partial charge in [0, 0.05) is 5.56 Å². The van der Waals surface area contributed by atoms with E-state index in [1.54, 1.807) is 60.7 Å². The number of para-hydroxylation sites is 1. The Morgan fingerprint density at radius 1 is 0.583 bits per heavy atom. The number of halogens is 1. The third-order valence-corrected chi connectivity index (χ3v) is 6.63. The van der Waals surface area contributed by atoms with Crippen molar-refractivity contribution in [3.8, 4) is 16.9 Å². The lowest BCUT2D eigenvalue weighted by molar-refractivity contribution is 0.0910. The highest BCUT2D eigenvalue weighted by molar-refractivity contribution is 6.42. The number of nitrogens with zero attached hydrogens (tertiary/aromatic N) is 2. The molecule has 4 aromatic carbocycles. The maximum atomic E-state index is 13.2. The van der Waals surface area contributed by atoms with Gasteiger partial charge in [-0.05, 0) is 60.2 Å². The Hall–Kier alpha value is -4.75. The van der Waals surface area contributed by atoms with Crippen LogP contribution in [0.4, 0.5) is 11.4 Å². The Balaban J connectivity index is 1.43. The van der Waals surface area contributed by atoms with Gasteiger partial charge in [0.1, 0.15) is 5.75 Å². The standard InChI is InChI=1S/C28H15ClN2O5/c29-22-6-3-5-20-24(22)28(36)31(26(20)34)23-7-2-1-4-18(23)15-8-13-19-21(14-15)27(35)30(25(19)33)16-9-11-17(32)12-10-16/h1-14,32H. The largest absolute Gasteiger partial charge is 0.508 e. The predicted octanol–water partition coefficient (Wildman–Crippen LogP) is 5.31. The number of hydrogen-bond donors (Lipinski definition) is 1. The highest BCUT2D eigenvalue weighted by Crippen LogP contribution is 2.39. The molecule has 6 rings (SSSR count).